The summed E-state index contributed by atoms with van der Waals surface area (Å²) in [7, 11) is 0. The van der Waals surface area contributed by atoms with Gasteiger partial charge in [-0.1, -0.05) is 37.6 Å². The third-order valence-electron chi connectivity index (χ3n) is 1.35. The molecule has 0 aliphatic heterocycles. The summed E-state index contributed by atoms with van der Waals surface area (Å²) in [6.45, 7) is 6.41. The predicted molar refractivity (Wildman–Crippen MR) is 43.5 cm³/mol. The van der Waals surface area contributed by atoms with Crippen LogP contribution in [0.4, 0.5) is 0 Å². The lowest BCUT2D eigenvalue weighted by Gasteiger charge is -1.91. The maximum atomic E-state index is 2.19. The van der Waals surface area contributed by atoms with Crippen LogP contribution in [-0.2, 0) is 0 Å². The predicted octanol–water partition coefficient (Wildman–Crippen LogP) is 3.31. The Kier molecular flexibility index (Phi) is 5.29. The molecule has 0 bridgehead atoms. The van der Waals surface area contributed by atoms with Crippen molar-refractivity contribution in [3.63, 3.8) is 0 Å². The van der Waals surface area contributed by atoms with Gasteiger partial charge in [0.1, 0.15) is 0 Å². The highest BCUT2D eigenvalue weighted by Crippen LogP contribution is 2.01. The molecule has 0 radical (unpaired) electrons. The Morgan fingerprint density at radius 3 is 2.33 bits per heavy atom. The van der Waals surface area contributed by atoms with Crippen LogP contribution < -0.4 is 0 Å². The highest BCUT2D eigenvalue weighted by atomic mass is 13.9. The molecule has 0 heterocycles. The zero-order chi connectivity index (χ0) is 7.11. The van der Waals surface area contributed by atoms with Crippen LogP contribution in [0.3, 0.4) is 0 Å². The van der Waals surface area contributed by atoms with E-state index in [1.165, 1.54) is 5.57 Å². The van der Waals surface area contributed by atoms with Crippen molar-refractivity contribution in [1.29, 1.82) is 0 Å². The van der Waals surface area contributed by atoms with Crippen LogP contribution in [-0.4, -0.2) is 0 Å². The van der Waals surface area contributed by atoms with E-state index < -0.39 is 0 Å². The number of hydrogen-bond acceptors (Lipinski definition) is 0. The quantitative estimate of drug-likeness (QED) is 0.506. The zero-order valence-electron chi connectivity index (χ0n) is 6.65. The first-order chi connectivity index (χ1) is 4.35. The van der Waals surface area contributed by atoms with E-state index in [9.17, 15) is 0 Å². The average molecular weight is 124 g/mol. The van der Waals surface area contributed by atoms with Crippen molar-refractivity contribution >= 4 is 0 Å². The van der Waals surface area contributed by atoms with E-state index in [0.717, 1.165) is 12.8 Å². The van der Waals surface area contributed by atoms with Gasteiger partial charge in [0.2, 0.25) is 0 Å². The van der Waals surface area contributed by atoms with Crippen LogP contribution in [0, 0.1) is 0 Å². The van der Waals surface area contributed by atoms with Gasteiger partial charge in [-0.25, -0.2) is 0 Å². The second-order valence-electron chi connectivity index (χ2n) is 2.03. The molecule has 0 atom stereocenters. The van der Waals surface area contributed by atoms with Crippen LogP contribution in [0.5, 0.6) is 0 Å². The Bertz CT molecular complexity index is 107. The summed E-state index contributed by atoms with van der Waals surface area (Å²) in [5, 5.41) is 0. The Labute approximate surface area is 58.3 Å². The summed E-state index contributed by atoms with van der Waals surface area (Å²) in [6, 6.07) is 0. The first-order valence-electron chi connectivity index (χ1n) is 3.66. The molecule has 9 heavy (non-hydrogen) atoms. The van der Waals surface area contributed by atoms with Gasteiger partial charge < -0.3 is 0 Å². The van der Waals surface area contributed by atoms with Crippen LogP contribution in [0.2, 0.25) is 0 Å². The van der Waals surface area contributed by atoms with Gasteiger partial charge in [0.25, 0.3) is 0 Å². The Balaban J connectivity index is 3.70. The van der Waals surface area contributed by atoms with E-state index in [0.29, 0.717) is 0 Å². The van der Waals surface area contributed by atoms with Crippen molar-refractivity contribution < 1.29 is 0 Å². The van der Waals surface area contributed by atoms with Gasteiger partial charge in [-0.3, -0.25) is 0 Å². The summed E-state index contributed by atoms with van der Waals surface area (Å²) in [4.78, 5) is 0. The van der Waals surface area contributed by atoms with Crippen molar-refractivity contribution in [1.82, 2.24) is 0 Å². The van der Waals surface area contributed by atoms with E-state index in [2.05, 4.69) is 39.0 Å². The lowest BCUT2D eigenvalue weighted by atomic mass is 10.2. The Hall–Kier alpha value is -0.520. The standard InChI is InChI=1S/C9H16/c1-4-7-8-9(5-2)6-3/h5,7-8H,4,6H2,1-3H3/b8-7+,9-5+. The molecule has 0 rings (SSSR count). The van der Waals surface area contributed by atoms with Gasteiger partial charge in [0, 0.05) is 0 Å². The molecule has 0 aliphatic rings. The van der Waals surface area contributed by atoms with E-state index >= 15 is 0 Å². The molecular formula is C9H16. The third kappa shape index (κ3) is 4.01. The van der Waals surface area contributed by atoms with Crippen molar-refractivity contribution in [2.45, 2.75) is 33.6 Å². The van der Waals surface area contributed by atoms with Crippen LogP contribution >= 0.6 is 0 Å². The van der Waals surface area contributed by atoms with Gasteiger partial charge in [0.05, 0.1) is 0 Å². The fourth-order valence-corrected chi connectivity index (χ4v) is 0.687. The normalized spacial score (nSPS) is 13.0. The summed E-state index contributed by atoms with van der Waals surface area (Å²) in [6.07, 6.45) is 8.83. The van der Waals surface area contributed by atoms with Gasteiger partial charge in [-0.15, -0.1) is 0 Å². The van der Waals surface area contributed by atoms with Crippen LogP contribution in [0.25, 0.3) is 0 Å². The van der Waals surface area contributed by atoms with Crippen molar-refractivity contribution in [2.24, 2.45) is 0 Å². The molecule has 0 N–H and O–H groups in total. The van der Waals surface area contributed by atoms with Gasteiger partial charge in [-0.05, 0) is 19.8 Å². The molecule has 0 nitrogen and oxygen atoms in total. The minimum atomic E-state index is 1.14. The monoisotopic (exact) mass is 124 g/mol. The molecule has 0 unspecified atom stereocenters. The minimum Gasteiger partial charge on any atom is -0.0845 e. The second kappa shape index (κ2) is 5.61. The SMILES string of the molecule is C/C=C(/C=C/CC)CC. The van der Waals surface area contributed by atoms with Gasteiger partial charge >= 0.3 is 0 Å². The maximum Gasteiger partial charge on any atom is -0.0311 e. The molecule has 0 saturated carbocycles. The largest absolute Gasteiger partial charge is 0.0845 e. The minimum absolute atomic E-state index is 1.14. The summed E-state index contributed by atoms with van der Waals surface area (Å²) in [5.74, 6) is 0. The third-order valence-corrected chi connectivity index (χ3v) is 1.35. The molecule has 0 aromatic heterocycles. The average Bonchev–Trinajstić information content (AvgIpc) is 1.91. The molecular weight excluding hydrogens is 108 g/mol. The second-order valence-corrected chi connectivity index (χ2v) is 2.03. The number of allylic oxidation sites excluding steroid dienone is 4. The van der Waals surface area contributed by atoms with E-state index in [1.807, 2.05) is 0 Å². The molecule has 0 aromatic carbocycles. The molecule has 0 amide bonds. The smallest absolute Gasteiger partial charge is 0.0311 e. The first-order valence-corrected chi connectivity index (χ1v) is 3.66. The Morgan fingerprint density at radius 2 is 2.00 bits per heavy atom. The zero-order valence-corrected chi connectivity index (χ0v) is 6.65. The summed E-state index contributed by atoms with van der Waals surface area (Å²) >= 11 is 0. The molecule has 52 valence electrons. The molecule has 0 aliphatic carbocycles. The molecule has 0 heteroatoms. The van der Waals surface area contributed by atoms with E-state index in [-0.39, 0.29) is 0 Å². The van der Waals surface area contributed by atoms with Crippen LogP contribution in [0.1, 0.15) is 33.6 Å². The molecule has 0 saturated heterocycles. The highest BCUT2D eigenvalue weighted by Gasteiger charge is 1.80. The van der Waals surface area contributed by atoms with Crippen molar-refractivity contribution in [2.75, 3.05) is 0 Å². The van der Waals surface area contributed by atoms with E-state index in [1.54, 1.807) is 0 Å². The fraction of sp³-hybridized carbons (Fsp3) is 0.556. The fourth-order valence-electron chi connectivity index (χ4n) is 0.687. The summed E-state index contributed by atoms with van der Waals surface area (Å²) < 4.78 is 0. The number of hydrogen-bond donors (Lipinski definition) is 0. The highest BCUT2D eigenvalue weighted by molar-refractivity contribution is 5.16. The lowest BCUT2D eigenvalue weighted by molar-refractivity contribution is 1.13. The topological polar surface area (TPSA) is 0 Å². The maximum absolute atomic E-state index is 2.19. The van der Waals surface area contributed by atoms with E-state index in [4.69, 9.17) is 0 Å². The molecule has 0 spiro atoms. The lowest BCUT2D eigenvalue weighted by Crippen LogP contribution is -1.70. The summed E-state index contributed by atoms with van der Waals surface area (Å²) in [5.41, 5.74) is 1.43. The Morgan fingerprint density at radius 1 is 1.33 bits per heavy atom. The molecule has 0 fully saturated rings. The van der Waals surface area contributed by atoms with Gasteiger partial charge in [0.15, 0.2) is 0 Å². The number of rotatable bonds is 3. The first kappa shape index (κ1) is 8.48. The van der Waals surface area contributed by atoms with Crippen molar-refractivity contribution in [3.8, 4) is 0 Å². The van der Waals surface area contributed by atoms with Crippen molar-refractivity contribution in [3.05, 3.63) is 23.8 Å². The molecule has 0 aromatic rings. The van der Waals surface area contributed by atoms with Crippen LogP contribution in [0.15, 0.2) is 23.8 Å². The van der Waals surface area contributed by atoms with Gasteiger partial charge in [-0.2, -0.15) is 0 Å².